The zero-order valence-electron chi connectivity index (χ0n) is 13.7. The van der Waals surface area contributed by atoms with Gasteiger partial charge in [-0.15, -0.1) is 11.8 Å². The maximum atomic E-state index is 11.9. The van der Waals surface area contributed by atoms with Crippen LogP contribution in [-0.4, -0.2) is 21.9 Å². The lowest BCUT2D eigenvalue weighted by Gasteiger charge is -2.15. The molecule has 7 heteroatoms. The predicted molar refractivity (Wildman–Crippen MR) is 104 cm³/mol. The molecule has 0 fully saturated rings. The number of anilines is 1. The van der Waals surface area contributed by atoms with E-state index in [0.717, 1.165) is 22.4 Å². The van der Waals surface area contributed by atoms with Crippen LogP contribution in [0.3, 0.4) is 0 Å². The summed E-state index contributed by atoms with van der Waals surface area (Å²) >= 11 is 7.76. The van der Waals surface area contributed by atoms with Crippen LogP contribution in [0.1, 0.15) is 21.9 Å². The predicted octanol–water partition coefficient (Wildman–Crippen LogP) is 4.42. The topological polar surface area (TPSA) is 67.0 Å². The Morgan fingerprint density at radius 1 is 1.23 bits per heavy atom. The zero-order valence-corrected chi connectivity index (χ0v) is 15.3. The van der Waals surface area contributed by atoms with Crippen molar-refractivity contribution in [1.29, 1.82) is 0 Å². The number of amides is 1. The molecule has 0 saturated heterocycles. The van der Waals surface area contributed by atoms with Gasteiger partial charge in [0.05, 0.1) is 17.2 Å². The van der Waals surface area contributed by atoms with E-state index in [1.165, 1.54) is 0 Å². The first kappa shape index (κ1) is 17.0. The van der Waals surface area contributed by atoms with Crippen LogP contribution in [0.25, 0.3) is 0 Å². The molecule has 1 aliphatic heterocycles. The normalized spacial score (nSPS) is 16.5. The molecule has 1 aromatic heterocycles. The largest absolute Gasteiger partial charge is 0.489 e. The number of thioether (sulfide) groups is 1. The lowest BCUT2D eigenvalue weighted by Crippen LogP contribution is -2.12. The molecule has 0 aliphatic carbocycles. The van der Waals surface area contributed by atoms with Crippen molar-refractivity contribution in [3.63, 3.8) is 0 Å². The molecule has 0 radical (unpaired) electrons. The van der Waals surface area contributed by atoms with E-state index < -0.39 is 0 Å². The molecule has 1 amide bonds. The molecule has 1 unspecified atom stereocenters. The second-order valence-corrected chi connectivity index (χ2v) is 7.39. The van der Waals surface area contributed by atoms with Crippen molar-refractivity contribution in [2.24, 2.45) is 0 Å². The highest BCUT2D eigenvalue weighted by atomic mass is 35.5. The Morgan fingerprint density at radius 3 is 3.00 bits per heavy atom. The number of carbonyl (C=O) groups is 1. The first-order valence-corrected chi connectivity index (χ1v) is 9.54. The number of carbonyl (C=O) groups excluding carboxylic acids is 1. The van der Waals surface area contributed by atoms with Gasteiger partial charge in [0.2, 0.25) is 5.91 Å². The second-order valence-electron chi connectivity index (χ2n) is 5.89. The van der Waals surface area contributed by atoms with E-state index in [0.29, 0.717) is 23.2 Å². The van der Waals surface area contributed by atoms with Crippen LogP contribution in [0.4, 0.5) is 5.82 Å². The van der Waals surface area contributed by atoms with Crippen molar-refractivity contribution in [2.45, 2.75) is 11.9 Å². The minimum atomic E-state index is -0.0332. The monoisotopic (exact) mass is 385 g/mol. The van der Waals surface area contributed by atoms with Crippen molar-refractivity contribution in [3.8, 4) is 5.75 Å². The van der Waals surface area contributed by atoms with Crippen LogP contribution in [0, 0.1) is 0 Å². The Balaban J connectivity index is 1.56. The summed E-state index contributed by atoms with van der Waals surface area (Å²) in [5, 5.41) is 10.5. The van der Waals surface area contributed by atoms with E-state index in [2.05, 4.69) is 15.5 Å². The van der Waals surface area contributed by atoms with E-state index in [4.69, 9.17) is 16.3 Å². The Kier molecular flexibility index (Phi) is 4.86. The number of nitrogens with one attached hydrogen (secondary N) is 2. The summed E-state index contributed by atoms with van der Waals surface area (Å²) in [6, 6.07) is 15.5. The Labute approximate surface area is 160 Å². The third kappa shape index (κ3) is 3.57. The third-order valence-corrected chi connectivity index (χ3v) is 5.77. The second kappa shape index (κ2) is 7.43. The van der Waals surface area contributed by atoms with Crippen LogP contribution in [0.2, 0.25) is 5.02 Å². The summed E-state index contributed by atoms with van der Waals surface area (Å²) in [5.74, 6) is 1.77. The number of aromatic nitrogens is 2. The van der Waals surface area contributed by atoms with Gasteiger partial charge in [0.25, 0.3) is 0 Å². The van der Waals surface area contributed by atoms with Crippen LogP contribution < -0.4 is 10.1 Å². The van der Waals surface area contributed by atoms with Crippen LogP contribution in [-0.2, 0) is 11.4 Å². The molecule has 0 saturated carbocycles. The smallest absolute Gasteiger partial charge is 0.235 e. The van der Waals surface area contributed by atoms with Crippen LogP contribution in [0.15, 0.2) is 54.7 Å². The molecule has 2 heterocycles. The molecule has 5 nitrogen and oxygen atoms in total. The fourth-order valence-electron chi connectivity index (χ4n) is 2.84. The highest BCUT2D eigenvalue weighted by Crippen LogP contribution is 2.41. The molecular formula is C19H16ClN3O2S. The molecule has 132 valence electrons. The van der Waals surface area contributed by atoms with Crippen molar-refractivity contribution >= 4 is 35.1 Å². The van der Waals surface area contributed by atoms with E-state index in [9.17, 15) is 4.79 Å². The highest BCUT2D eigenvalue weighted by molar-refractivity contribution is 8.00. The number of rotatable bonds is 4. The van der Waals surface area contributed by atoms with Crippen molar-refractivity contribution in [2.75, 3.05) is 11.1 Å². The van der Waals surface area contributed by atoms with Gasteiger partial charge in [-0.25, -0.2) is 0 Å². The van der Waals surface area contributed by atoms with Crippen LogP contribution in [0.5, 0.6) is 5.75 Å². The standard InChI is InChI=1S/C19H16ClN3O2S/c20-16-7-2-1-4-13(16)10-25-14-6-3-5-12(8-14)18-15-9-21-23-19(15)22-17(24)11-26-18/h1-9,18H,10-11H2,(H2,21,22,23,24). The first-order chi connectivity index (χ1) is 12.7. The molecule has 1 aliphatic rings. The highest BCUT2D eigenvalue weighted by Gasteiger charge is 2.25. The Morgan fingerprint density at radius 2 is 2.12 bits per heavy atom. The van der Waals surface area contributed by atoms with Crippen molar-refractivity contribution in [3.05, 3.63) is 76.4 Å². The fourth-order valence-corrected chi connectivity index (χ4v) is 4.12. The number of H-pyrrole nitrogens is 1. The molecule has 0 spiro atoms. The van der Waals surface area contributed by atoms with Gasteiger partial charge in [-0.2, -0.15) is 5.10 Å². The number of fused-ring (bicyclic) bond motifs is 1. The van der Waals surface area contributed by atoms with Crippen molar-refractivity contribution < 1.29 is 9.53 Å². The molecular weight excluding hydrogens is 370 g/mol. The van der Waals surface area contributed by atoms with Gasteiger partial charge in [-0.3, -0.25) is 9.89 Å². The molecule has 0 bridgehead atoms. The van der Waals surface area contributed by atoms with Gasteiger partial charge in [-0.05, 0) is 23.8 Å². The summed E-state index contributed by atoms with van der Waals surface area (Å²) in [4.78, 5) is 11.9. The molecule has 26 heavy (non-hydrogen) atoms. The lowest BCUT2D eigenvalue weighted by atomic mass is 10.1. The minimum absolute atomic E-state index is 0.00608. The average Bonchev–Trinajstić information content (AvgIpc) is 3.03. The fraction of sp³-hybridized carbons (Fsp3) is 0.158. The van der Waals surface area contributed by atoms with Crippen molar-refractivity contribution in [1.82, 2.24) is 10.2 Å². The zero-order chi connectivity index (χ0) is 17.9. The van der Waals surface area contributed by atoms with Gasteiger partial charge in [0.15, 0.2) is 0 Å². The maximum Gasteiger partial charge on any atom is 0.235 e. The SMILES string of the molecule is O=C1CSC(c2cccc(OCc3ccccc3Cl)c2)c2cn[nH]c2N1. The summed E-state index contributed by atoms with van der Waals surface area (Å²) in [5.41, 5.74) is 2.96. The Hall–Kier alpha value is -2.44. The molecule has 2 aromatic carbocycles. The summed E-state index contributed by atoms with van der Waals surface area (Å²) in [6.45, 7) is 0.401. The molecule has 3 aromatic rings. The average molecular weight is 386 g/mol. The summed E-state index contributed by atoms with van der Waals surface area (Å²) in [7, 11) is 0. The number of benzene rings is 2. The van der Waals surface area contributed by atoms with Gasteiger partial charge >= 0.3 is 0 Å². The third-order valence-electron chi connectivity index (χ3n) is 4.11. The summed E-state index contributed by atoms with van der Waals surface area (Å²) < 4.78 is 5.93. The minimum Gasteiger partial charge on any atom is -0.489 e. The molecule has 1 atom stereocenters. The molecule has 4 rings (SSSR count). The number of halogens is 1. The number of hydrogen-bond donors (Lipinski definition) is 2. The number of hydrogen-bond acceptors (Lipinski definition) is 4. The number of aromatic amines is 1. The number of ether oxygens (including phenoxy) is 1. The van der Waals surface area contributed by atoms with E-state index in [1.54, 1.807) is 18.0 Å². The van der Waals surface area contributed by atoms with Gasteiger partial charge < -0.3 is 10.1 Å². The summed E-state index contributed by atoms with van der Waals surface area (Å²) in [6.07, 6.45) is 1.76. The van der Waals surface area contributed by atoms with Gasteiger partial charge in [0, 0.05) is 16.1 Å². The molecule has 2 N–H and O–H groups in total. The van der Waals surface area contributed by atoms with E-state index in [1.807, 2.05) is 48.5 Å². The first-order valence-electron chi connectivity index (χ1n) is 8.11. The maximum absolute atomic E-state index is 11.9. The van der Waals surface area contributed by atoms with E-state index >= 15 is 0 Å². The number of nitrogens with zero attached hydrogens (tertiary/aromatic N) is 1. The van der Waals surface area contributed by atoms with Crippen LogP contribution >= 0.6 is 23.4 Å². The van der Waals surface area contributed by atoms with E-state index in [-0.39, 0.29) is 11.2 Å². The quantitative estimate of drug-likeness (QED) is 0.697. The lowest BCUT2D eigenvalue weighted by molar-refractivity contribution is -0.113. The Bertz CT molecular complexity index is 944. The van der Waals surface area contributed by atoms with Gasteiger partial charge in [0.1, 0.15) is 18.2 Å². The van der Waals surface area contributed by atoms with Gasteiger partial charge in [-0.1, -0.05) is 41.9 Å².